The Labute approximate surface area is 179 Å². The Morgan fingerprint density at radius 3 is 2.74 bits per heavy atom. The fourth-order valence-electron chi connectivity index (χ4n) is 3.64. The quantitative estimate of drug-likeness (QED) is 0.723. The Balaban J connectivity index is 1.44. The van der Waals surface area contributed by atoms with Gasteiger partial charge in [-0.2, -0.15) is 0 Å². The molecule has 4 amide bonds. The summed E-state index contributed by atoms with van der Waals surface area (Å²) in [7, 11) is 3.01. The number of imide groups is 1. The van der Waals surface area contributed by atoms with Gasteiger partial charge in [-0.05, 0) is 17.7 Å². The van der Waals surface area contributed by atoms with Crippen LogP contribution < -0.4 is 10.6 Å². The first-order chi connectivity index (χ1) is 15.0. The first kappa shape index (κ1) is 20.3. The number of hydrogen-bond acceptors (Lipinski definition) is 7. The highest BCUT2D eigenvalue weighted by Gasteiger charge is 2.48. The first-order valence-electron chi connectivity index (χ1n) is 9.83. The summed E-state index contributed by atoms with van der Waals surface area (Å²) in [4.78, 5) is 49.8. The zero-order chi connectivity index (χ0) is 22.0. The standard InChI is InChI=1S/C21H23N7O3/c1-26-19-18(20(30)27(2)21(26)31)28(13-24-19)12-17(29)25-16-9-8-15(22-10-11-23-16)14-6-4-3-5-7-14/h3-9,11,13,18-19,22H,10,12H2,1-2H3,(H,25,29)/b15-8-,16-9?,23-11?. The van der Waals surface area contributed by atoms with E-state index in [2.05, 4.69) is 20.6 Å². The molecule has 1 fully saturated rings. The third-order valence-electron chi connectivity index (χ3n) is 5.28. The minimum Gasteiger partial charge on any atom is -0.380 e. The number of allylic oxidation sites excluding steroid dienone is 2. The highest BCUT2D eigenvalue weighted by atomic mass is 16.2. The van der Waals surface area contributed by atoms with E-state index >= 15 is 0 Å². The molecule has 160 valence electrons. The summed E-state index contributed by atoms with van der Waals surface area (Å²) in [6.45, 7) is 0.421. The van der Waals surface area contributed by atoms with Crippen molar-refractivity contribution in [2.75, 3.05) is 27.2 Å². The van der Waals surface area contributed by atoms with Crippen molar-refractivity contribution in [2.45, 2.75) is 12.2 Å². The molecular formula is C21H23N7O3. The van der Waals surface area contributed by atoms with Crippen LogP contribution in [0.1, 0.15) is 5.56 Å². The van der Waals surface area contributed by atoms with E-state index in [1.54, 1.807) is 24.2 Å². The minimum absolute atomic E-state index is 0.0906. The van der Waals surface area contributed by atoms with Crippen LogP contribution in [-0.4, -0.2) is 84.5 Å². The number of benzene rings is 1. The van der Waals surface area contributed by atoms with E-state index in [-0.39, 0.29) is 18.4 Å². The maximum atomic E-state index is 12.7. The number of amides is 4. The lowest BCUT2D eigenvalue weighted by atomic mass is 10.1. The van der Waals surface area contributed by atoms with Gasteiger partial charge in [0.1, 0.15) is 5.82 Å². The molecule has 3 aliphatic rings. The van der Waals surface area contributed by atoms with Gasteiger partial charge in [0.25, 0.3) is 5.91 Å². The second-order valence-corrected chi connectivity index (χ2v) is 7.33. The van der Waals surface area contributed by atoms with E-state index in [4.69, 9.17) is 0 Å². The van der Waals surface area contributed by atoms with Crippen molar-refractivity contribution in [1.29, 1.82) is 0 Å². The lowest BCUT2D eigenvalue weighted by Gasteiger charge is -2.39. The summed E-state index contributed by atoms with van der Waals surface area (Å²) in [6, 6.07) is 8.71. The fourth-order valence-corrected chi connectivity index (χ4v) is 3.64. The van der Waals surface area contributed by atoms with Crippen LogP contribution in [0.4, 0.5) is 4.79 Å². The summed E-state index contributed by atoms with van der Waals surface area (Å²) < 4.78 is 0. The third kappa shape index (κ3) is 4.04. The molecule has 1 saturated heterocycles. The highest BCUT2D eigenvalue weighted by Crippen LogP contribution is 2.24. The van der Waals surface area contributed by atoms with Gasteiger partial charge in [-0.3, -0.25) is 14.5 Å². The molecule has 4 rings (SSSR count). The molecular weight excluding hydrogens is 398 g/mol. The van der Waals surface area contributed by atoms with Gasteiger partial charge in [-0.15, -0.1) is 0 Å². The Bertz CT molecular complexity index is 1020. The van der Waals surface area contributed by atoms with E-state index in [0.717, 1.165) is 16.2 Å². The molecule has 0 bridgehead atoms. The van der Waals surface area contributed by atoms with Crippen LogP contribution in [0, 0.1) is 0 Å². The van der Waals surface area contributed by atoms with Crippen molar-refractivity contribution in [3.8, 4) is 0 Å². The predicted molar refractivity (Wildman–Crippen MR) is 116 cm³/mol. The second-order valence-electron chi connectivity index (χ2n) is 7.33. The van der Waals surface area contributed by atoms with Gasteiger partial charge in [-0.25, -0.2) is 14.8 Å². The first-order valence-corrected chi connectivity index (χ1v) is 9.83. The Morgan fingerprint density at radius 2 is 1.97 bits per heavy atom. The molecule has 0 saturated carbocycles. The van der Waals surface area contributed by atoms with Gasteiger partial charge in [-0.1, -0.05) is 30.3 Å². The number of nitrogens with zero attached hydrogens (tertiary/aromatic N) is 5. The van der Waals surface area contributed by atoms with E-state index in [0.29, 0.717) is 12.4 Å². The molecule has 10 nitrogen and oxygen atoms in total. The fraction of sp³-hybridized carbons (Fsp3) is 0.286. The number of fused-ring (bicyclic) bond motifs is 1. The molecule has 2 unspecified atom stereocenters. The van der Waals surface area contributed by atoms with E-state index < -0.39 is 18.2 Å². The molecule has 3 aliphatic heterocycles. The molecule has 3 heterocycles. The molecule has 10 heteroatoms. The number of aliphatic imine (C=N–C) groups is 2. The summed E-state index contributed by atoms with van der Waals surface area (Å²) >= 11 is 0. The molecule has 0 radical (unpaired) electrons. The van der Waals surface area contributed by atoms with Gasteiger partial charge in [0.05, 0.1) is 19.4 Å². The van der Waals surface area contributed by atoms with Crippen LogP contribution in [0.3, 0.4) is 0 Å². The van der Waals surface area contributed by atoms with Crippen LogP contribution in [0.25, 0.3) is 5.70 Å². The van der Waals surface area contributed by atoms with Crippen molar-refractivity contribution >= 4 is 36.1 Å². The monoisotopic (exact) mass is 421 g/mol. The number of carbonyl (C=O) groups excluding carboxylic acids is 3. The molecule has 0 spiro atoms. The molecule has 0 aliphatic carbocycles. The lowest BCUT2D eigenvalue weighted by molar-refractivity contribution is -0.136. The van der Waals surface area contributed by atoms with Gasteiger partial charge in [0, 0.05) is 26.0 Å². The molecule has 1 aromatic carbocycles. The highest BCUT2D eigenvalue weighted by molar-refractivity contribution is 6.02. The van der Waals surface area contributed by atoms with E-state index in [9.17, 15) is 14.4 Å². The summed E-state index contributed by atoms with van der Waals surface area (Å²) in [5.74, 6) is -0.330. The SMILES string of the molecule is CN1C(=O)C2C(N=CN2CC(=O)NC2=C/C=C(/c3ccccc3)NCC=N2)N(C)C1=O. The average Bonchev–Trinajstić information content (AvgIpc) is 3.17. The van der Waals surface area contributed by atoms with E-state index in [1.807, 2.05) is 36.4 Å². The molecule has 31 heavy (non-hydrogen) atoms. The summed E-state index contributed by atoms with van der Waals surface area (Å²) in [5.41, 5.74) is 1.94. The average molecular weight is 421 g/mol. The van der Waals surface area contributed by atoms with Gasteiger partial charge < -0.3 is 20.4 Å². The van der Waals surface area contributed by atoms with Crippen LogP contribution >= 0.6 is 0 Å². The Morgan fingerprint density at radius 1 is 1.19 bits per heavy atom. The van der Waals surface area contributed by atoms with Crippen LogP contribution in [0.5, 0.6) is 0 Å². The van der Waals surface area contributed by atoms with Gasteiger partial charge in [0.2, 0.25) is 5.91 Å². The van der Waals surface area contributed by atoms with Gasteiger partial charge in [0.15, 0.2) is 12.2 Å². The van der Waals surface area contributed by atoms with Crippen molar-refractivity contribution in [3.63, 3.8) is 0 Å². The van der Waals surface area contributed by atoms with Crippen LogP contribution in [0.15, 0.2) is 58.3 Å². The molecule has 1 aromatic rings. The number of nitrogens with one attached hydrogen (secondary N) is 2. The number of urea groups is 1. The Hall–Kier alpha value is -3.95. The van der Waals surface area contributed by atoms with Crippen molar-refractivity contribution in [1.82, 2.24) is 25.3 Å². The number of likely N-dealkylation sites (N-methyl/N-ethyl adjacent to an activating group) is 2. The van der Waals surface area contributed by atoms with Crippen molar-refractivity contribution in [3.05, 3.63) is 53.9 Å². The lowest BCUT2D eigenvalue weighted by Crippen LogP contribution is -2.64. The largest absolute Gasteiger partial charge is 0.380 e. The minimum atomic E-state index is -0.720. The predicted octanol–water partition coefficient (Wildman–Crippen LogP) is 0.222. The van der Waals surface area contributed by atoms with E-state index in [1.165, 1.54) is 18.3 Å². The van der Waals surface area contributed by atoms with Crippen LogP contribution in [-0.2, 0) is 9.59 Å². The maximum absolute atomic E-state index is 12.7. The zero-order valence-electron chi connectivity index (χ0n) is 17.2. The second kappa shape index (κ2) is 8.42. The third-order valence-corrected chi connectivity index (χ3v) is 5.28. The normalized spacial score (nSPS) is 24.6. The van der Waals surface area contributed by atoms with Crippen molar-refractivity contribution < 1.29 is 14.4 Å². The summed E-state index contributed by atoms with van der Waals surface area (Å²) in [5, 5.41) is 6.04. The number of carbonyl (C=O) groups is 3. The molecule has 2 N–H and O–H groups in total. The summed E-state index contributed by atoms with van der Waals surface area (Å²) in [6.07, 6.45) is 6.06. The molecule has 0 aromatic heterocycles. The Kier molecular flexibility index (Phi) is 5.52. The smallest absolute Gasteiger partial charge is 0.328 e. The maximum Gasteiger partial charge on any atom is 0.328 e. The number of hydrogen-bond donors (Lipinski definition) is 2. The zero-order valence-corrected chi connectivity index (χ0v) is 17.2. The van der Waals surface area contributed by atoms with Gasteiger partial charge >= 0.3 is 6.03 Å². The topological polar surface area (TPSA) is 110 Å². The van der Waals surface area contributed by atoms with Crippen LogP contribution in [0.2, 0.25) is 0 Å². The van der Waals surface area contributed by atoms with Crippen molar-refractivity contribution in [2.24, 2.45) is 9.98 Å². The molecule has 2 atom stereocenters. The number of rotatable bonds is 4.